The van der Waals surface area contributed by atoms with Crippen molar-refractivity contribution < 1.29 is 4.79 Å². The quantitative estimate of drug-likeness (QED) is 0.701. The van der Waals surface area contributed by atoms with E-state index in [4.69, 9.17) is 5.73 Å². The van der Waals surface area contributed by atoms with Crippen molar-refractivity contribution in [2.24, 2.45) is 5.73 Å². The van der Waals surface area contributed by atoms with Gasteiger partial charge in [-0.1, -0.05) is 0 Å². The van der Waals surface area contributed by atoms with E-state index in [1.807, 2.05) is 0 Å². The molecule has 0 atom stereocenters. The number of rotatable bonds is 3. The van der Waals surface area contributed by atoms with Crippen LogP contribution < -0.4 is 11.1 Å². The van der Waals surface area contributed by atoms with E-state index >= 15 is 0 Å². The third kappa shape index (κ3) is 1.79. The lowest BCUT2D eigenvalue weighted by Crippen LogP contribution is -2.28. The molecular weight excluding hydrogens is 194 g/mol. The molecule has 0 saturated carbocycles. The van der Waals surface area contributed by atoms with Crippen molar-refractivity contribution >= 4 is 11.4 Å². The van der Waals surface area contributed by atoms with E-state index in [1.54, 1.807) is 23.1 Å². The number of nitrogens with zero attached hydrogens (tertiary/aromatic N) is 3. The number of aromatic nitrogens is 3. The zero-order chi connectivity index (χ0) is 10.7. The summed E-state index contributed by atoms with van der Waals surface area (Å²) in [6.45, 7) is 0.875. The normalized spacial score (nSPS) is 10.5. The number of hydrogen-bond acceptors (Lipinski definition) is 4. The van der Waals surface area contributed by atoms with E-state index < -0.39 is 0 Å². The summed E-state index contributed by atoms with van der Waals surface area (Å²) in [5, 5.41) is 6.71. The molecule has 3 N–H and O–H groups in total. The topological polar surface area (TPSA) is 85.3 Å². The standard InChI is InChI=1S/C9H11N5O/c10-1-2-12-9(15)7-5-13-14-4-3-11-6-8(7)14/h3-6H,1-2,10H2,(H,12,15). The van der Waals surface area contributed by atoms with Gasteiger partial charge in [0.05, 0.1) is 23.5 Å². The summed E-state index contributed by atoms with van der Waals surface area (Å²) >= 11 is 0. The van der Waals surface area contributed by atoms with Gasteiger partial charge in [-0.3, -0.25) is 9.78 Å². The maximum Gasteiger partial charge on any atom is 0.255 e. The molecule has 0 radical (unpaired) electrons. The molecule has 0 saturated heterocycles. The molecular formula is C9H11N5O. The molecule has 0 spiro atoms. The van der Waals surface area contributed by atoms with E-state index in [1.165, 1.54) is 6.20 Å². The second-order valence-electron chi connectivity index (χ2n) is 3.01. The van der Waals surface area contributed by atoms with E-state index in [0.29, 0.717) is 24.2 Å². The first-order chi connectivity index (χ1) is 7.33. The van der Waals surface area contributed by atoms with Gasteiger partial charge in [-0.25, -0.2) is 4.52 Å². The minimum Gasteiger partial charge on any atom is -0.351 e. The number of carbonyl (C=O) groups is 1. The maximum absolute atomic E-state index is 11.6. The SMILES string of the molecule is NCCNC(=O)c1cnn2ccncc12. The van der Waals surface area contributed by atoms with Gasteiger partial charge in [-0.05, 0) is 0 Å². The van der Waals surface area contributed by atoms with Gasteiger partial charge in [-0.15, -0.1) is 0 Å². The number of amides is 1. The van der Waals surface area contributed by atoms with Gasteiger partial charge < -0.3 is 11.1 Å². The van der Waals surface area contributed by atoms with Crippen molar-refractivity contribution in [3.8, 4) is 0 Å². The van der Waals surface area contributed by atoms with Crippen LogP contribution in [0, 0.1) is 0 Å². The van der Waals surface area contributed by atoms with Gasteiger partial charge in [-0.2, -0.15) is 5.10 Å². The molecule has 0 bridgehead atoms. The highest BCUT2D eigenvalue weighted by molar-refractivity contribution is 6.00. The van der Waals surface area contributed by atoms with E-state index in [9.17, 15) is 4.79 Å². The summed E-state index contributed by atoms with van der Waals surface area (Å²) < 4.78 is 1.60. The van der Waals surface area contributed by atoms with Crippen molar-refractivity contribution in [3.63, 3.8) is 0 Å². The number of nitrogens with two attached hydrogens (primary N) is 1. The van der Waals surface area contributed by atoms with Crippen molar-refractivity contribution in [1.29, 1.82) is 0 Å². The van der Waals surface area contributed by atoms with E-state index in [2.05, 4.69) is 15.4 Å². The molecule has 6 heteroatoms. The van der Waals surface area contributed by atoms with Crippen molar-refractivity contribution in [2.75, 3.05) is 13.1 Å². The summed E-state index contributed by atoms with van der Waals surface area (Å²) in [5.74, 6) is -0.177. The Morgan fingerprint density at radius 2 is 2.40 bits per heavy atom. The maximum atomic E-state index is 11.6. The van der Waals surface area contributed by atoms with Crippen LogP contribution in [0.2, 0.25) is 0 Å². The van der Waals surface area contributed by atoms with Crippen LogP contribution in [0.4, 0.5) is 0 Å². The molecule has 0 aliphatic rings. The van der Waals surface area contributed by atoms with E-state index in [-0.39, 0.29) is 5.91 Å². The summed E-state index contributed by atoms with van der Waals surface area (Å²) in [6, 6.07) is 0. The number of hydrogen-bond donors (Lipinski definition) is 2. The van der Waals surface area contributed by atoms with Crippen LogP contribution in [0.15, 0.2) is 24.8 Å². The van der Waals surface area contributed by atoms with Gasteiger partial charge >= 0.3 is 0 Å². The minimum absolute atomic E-state index is 0.177. The molecule has 6 nitrogen and oxygen atoms in total. The van der Waals surface area contributed by atoms with Gasteiger partial charge in [0.25, 0.3) is 5.91 Å². The number of nitrogens with one attached hydrogen (secondary N) is 1. The third-order valence-electron chi connectivity index (χ3n) is 2.00. The summed E-state index contributed by atoms with van der Waals surface area (Å²) in [6.07, 6.45) is 6.42. The molecule has 0 aliphatic heterocycles. The first kappa shape index (κ1) is 9.60. The Labute approximate surface area is 86.1 Å². The molecule has 2 aromatic heterocycles. The molecule has 1 amide bonds. The molecule has 78 valence electrons. The van der Waals surface area contributed by atoms with Gasteiger partial charge in [0.15, 0.2) is 0 Å². The average molecular weight is 205 g/mol. The molecule has 0 aliphatic carbocycles. The molecule has 0 unspecified atom stereocenters. The lowest BCUT2D eigenvalue weighted by molar-refractivity contribution is 0.0956. The fraction of sp³-hybridized carbons (Fsp3) is 0.222. The predicted molar refractivity (Wildman–Crippen MR) is 54.4 cm³/mol. The largest absolute Gasteiger partial charge is 0.351 e. The Kier molecular flexibility index (Phi) is 2.59. The highest BCUT2D eigenvalue weighted by atomic mass is 16.1. The highest BCUT2D eigenvalue weighted by Gasteiger charge is 2.11. The Hall–Kier alpha value is -1.95. The van der Waals surface area contributed by atoms with Gasteiger partial charge in [0, 0.05) is 25.5 Å². The number of carbonyl (C=O) groups excluding carboxylic acids is 1. The van der Waals surface area contributed by atoms with Crippen LogP contribution in [-0.4, -0.2) is 33.6 Å². The van der Waals surface area contributed by atoms with Crippen LogP contribution in [0.3, 0.4) is 0 Å². The zero-order valence-electron chi connectivity index (χ0n) is 8.05. The molecule has 15 heavy (non-hydrogen) atoms. The fourth-order valence-electron chi connectivity index (χ4n) is 1.29. The predicted octanol–water partition coefficient (Wildman–Crippen LogP) is -0.582. The molecule has 0 aromatic carbocycles. The highest BCUT2D eigenvalue weighted by Crippen LogP contribution is 2.07. The van der Waals surface area contributed by atoms with E-state index in [0.717, 1.165) is 0 Å². The molecule has 0 fully saturated rings. The lowest BCUT2D eigenvalue weighted by atomic mass is 10.3. The Morgan fingerprint density at radius 1 is 1.53 bits per heavy atom. The van der Waals surface area contributed by atoms with Crippen molar-refractivity contribution in [3.05, 3.63) is 30.4 Å². The smallest absolute Gasteiger partial charge is 0.255 e. The Morgan fingerprint density at radius 3 is 3.20 bits per heavy atom. The van der Waals surface area contributed by atoms with Gasteiger partial charge in [0.1, 0.15) is 0 Å². The van der Waals surface area contributed by atoms with Crippen molar-refractivity contribution in [1.82, 2.24) is 19.9 Å². The van der Waals surface area contributed by atoms with Crippen LogP contribution in [0.25, 0.3) is 5.52 Å². The molecule has 2 heterocycles. The Bertz CT molecular complexity index is 478. The summed E-state index contributed by atoms with van der Waals surface area (Å²) in [4.78, 5) is 15.6. The van der Waals surface area contributed by atoms with Crippen LogP contribution >= 0.6 is 0 Å². The summed E-state index contributed by atoms with van der Waals surface area (Å²) in [5.41, 5.74) is 6.49. The second kappa shape index (κ2) is 4.05. The average Bonchev–Trinajstić information content (AvgIpc) is 2.69. The first-order valence-electron chi connectivity index (χ1n) is 4.58. The fourth-order valence-corrected chi connectivity index (χ4v) is 1.29. The van der Waals surface area contributed by atoms with Crippen molar-refractivity contribution in [2.45, 2.75) is 0 Å². The van der Waals surface area contributed by atoms with Crippen LogP contribution in [0.5, 0.6) is 0 Å². The lowest BCUT2D eigenvalue weighted by Gasteiger charge is -2.00. The molecule has 2 rings (SSSR count). The van der Waals surface area contributed by atoms with Crippen LogP contribution in [-0.2, 0) is 0 Å². The summed E-state index contributed by atoms with van der Waals surface area (Å²) in [7, 11) is 0. The monoisotopic (exact) mass is 205 g/mol. The minimum atomic E-state index is -0.177. The third-order valence-corrected chi connectivity index (χ3v) is 2.00. The van der Waals surface area contributed by atoms with Crippen LogP contribution in [0.1, 0.15) is 10.4 Å². The molecule has 2 aromatic rings. The first-order valence-corrected chi connectivity index (χ1v) is 4.58. The zero-order valence-corrected chi connectivity index (χ0v) is 8.05. The second-order valence-corrected chi connectivity index (χ2v) is 3.01. The van der Waals surface area contributed by atoms with Gasteiger partial charge in [0.2, 0.25) is 0 Å². The number of fused-ring (bicyclic) bond motifs is 1. The Balaban J connectivity index is 2.31.